The number of esters is 1. The number of rotatable bonds is 8. The topological polar surface area (TPSA) is 145 Å². The van der Waals surface area contributed by atoms with Crippen molar-refractivity contribution in [1.82, 2.24) is 0 Å². The zero-order valence-corrected chi connectivity index (χ0v) is 20.1. The van der Waals surface area contributed by atoms with Crippen molar-refractivity contribution in [3.05, 3.63) is 67.8 Å². The number of carbonyl (C=O) groups is 2. The molecule has 180 valence electrons. The van der Waals surface area contributed by atoms with Crippen molar-refractivity contribution < 1.29 is 28.4 Å². The molecule has 0 atom stereocenters. The van der Waals surface area contributed by atoms with Gasteiger partial charge in [-0.2, -0.15) is 5.26 Å². The number of aryl methyl sites for hydroxylation is 1. The maximum absolute atomic E-state index is 12.8. The summed E-state index contributed by atoms with van der Waals surface area (Å²) in [6.07, 6.45) is 1.21. The van der Waals surface area contributed by atoms with Crippen LogP contribution < -0.4 is 10.1 Å². The average Bonchev–Trinajstić information content (AvgIpc) is 3.40. The van der Waals surface area contributed by atoms with Gasteiger partial charge in [-0.3, -0.25) is 14.9 Å². The molecule has 10 nitrogen and oxygen atoms in total. The number of hydrogen-bond acceptors (Lipinski definition) is 9. The standard InChI is InChI=1S/C24H21N3O7S/c1-5-33-24(29)21-13(2)14(3)35-23(21)26-22(28)15(12-25)10-17-7-9-20(34-17)18-8-6-16(32-4)11-19(18)27(30)31/h6-11H,5H2,1-4H3,(H,26,28)/b15-10+. The van der Waals surface area contributed by atoms with Crippen LogP contribution in [0.4, 0.5) is 10.7 Å². The van der Waals surface area contributed by atoms with Crippen molar-refractivity contribution >= 4 is 40.0 Å². The minimum Gasteiger partial charge on any atom is -0.497 e. The van der Waals surface area contributed by atoms with Gasteiger partial charge in [0, 0.05) is 11.0 Å². The van der Waals surface area contributed by atoms with E-state index in [1.807, 2.05) is 13.0 Å². The average molecular weight is 496 g/mol. The second-order valence-electron chi connectivity index (χ2n) is 7.17. The van der Waals surface area contributed by atoms with Crippen LogP contribution in [-0.4, -0.2) is 30.5 Å². The number of hydrogen-bond donors (Lipinski definition) is 1. The minimum absolute atomic E-state index is 0.140. The molecular weight excluding hydrogens is 474 g/mol. The third-order valence-electron chi connectivity index (χ3n) is 5.04. The highest BCUT2D eigenvalue weighted by Gasteiger charge is 2.24. The van der Waals surface area contributed by atoms with Crippen LogP contribution in [0.5, 0.6) is 5.75 Å². The third-order valence-corrected chi connectivity index (χ3v) is 6.16. The second kappa shape index (κ2) is 10.7. The van der Waals surface area contributed by atoms with Crippen molar-refractivity contribution in [2.75, 3.05) is 19.0 Å². The summed E-state index contributed by atoms with van der Waals surface area (Å²) in [5.41, 5.74) is 0.633. The lowest BCUT2D eigenvalue weighted by Crippen LogP contribution is -2.16. The lowest BCUT2D eigenvalue weighted by atomic mass is 10.1. The van der Waals surface area contributed by atoms with Gasteiger partial charge in [0.25, 0.3) is 11.6 Å². The Morgan fingerprint density at radius 1 is 1.29 bits per heavy atom. The van der Waals surface area contributed by atoms with Crippen molar-refractivity contribution in [3.8, 4) is 23.1 Å². The summed E-state index contributed by atoms with van der Waals surface area (Å²) < 4.78 is 15.8. The van der Waals surface area contributed by atoms with E-state index in [9.17, 15) is 25.0 Å². The van der Waals surface area contributed by atoms with E-state index >= 15 is 0 Å². The van der Waals surface area contributed by atoms with Crippen LogP contribution in [0.25, 0.3) is 17.4 Å². The monoisotopic (exact) mass is 495 g/mol. The van der Waals surface area contributed by atoms with Gasteiger partial charge in [0.15, 0.2) is 0 Å². The maximum atomic E-state index is 12.8. The number of nitriles is 1. The van der Waals surface area contributed by atoms with E-state index in [1.165, 1.54) is 48.8 Å². The number of nitro groups is 1. The smallest absolute Gasteiger partial charge is 0.341 e. The Morgan fingerprint density at radius 2 is 2.03 bits per heavy atom. The van der Waals surface area contributed by atoms with Crippen LogP contribution in [0.3, 0.4) is 0 Å². The molecule has 0 radical (unpaired) electrons. The van der Waals surface area contributed by atoms with E-state index in [0.29, 0.717) is 11.3 Å². The molecule has 1 aromatic carbocycles. The number of anilines is 1. The lowest BCUT2D eigenvalue weighted by Gasteiger charge is -2.06. The van der Waals surface area contributed by atoms with Crippen molar-refractivity contribution in [2.24, 2.45) is 0 Å². The van der Waals surface area contributed by atoms with Gasteiger partial charge in [-0.25, -0.2) is 4.79 Å². The van der Waals surface area contributed by atoms with E-state index in [0.717, 1.165) is 4.88 Å². The number of nitrogens with one attached hydrogen (secondary N) is 1. The van der Waals surface area contributed by atoms with E-state index in [4.69, 9.17) is 13.9 Å². The molecule has 0 aliphatic heterocycles. The normalized spacial score (nSPS) is 11.0. The molecule has 2 aromatic heterocycles. The highest BCUT2D eigenvalue weighted by atomic mass is 32.1. The fourth-order valence-corrected chi connectivity index (χ4v) is 4.24. The SMILES string of the molecule is CCOC(=O)c1c(NC(=O)/C(C#N)=C/c2ccc(-c3ccc(OC)cc3[N+](=O)[O-])o2)sc(C)c1C. The van der Waals surface area contributed by atoms with Gasteiger partial charge in [-0.05, 0) is 50.6 Å². The number of thiophene rings is 1. The summed E-state index contributed by atoms with van der Waals surface area (Å²) in [5.74, 6) is -0.674. The summed E-state index contributed by atoms with van der Waals surface area (Å²) in [4.78, 5) is 36.9. The van der Waals surface area contributed by atoms with Gasteiger partial charge in [0.1, 0.15) is 33.9 Å². The molecular formula is C24H21N3O7S. The molecule has 0 saturated heterocycles. The number of amides is 1. The summed E-state index contributed by atoms with van der Waals surface area (Å²) in [7, 11) is 1.40. The Morgan fingerprint density at radius 3 is 2.66 bits per heavy atom. The van der Waals surface area contributed by atoms with Crippen LogP contribution in [0, 0.1) is 35.3 Å². The summed E-state index contributed by atoms with van der Waals surface area (Å²) in [6.45, 7) is 5.41. The molecule has 3 aromatic rings. The Kier molecular flexibility index (Phi) is 7.68. The van der Waals surface area contributed by atoms with Gasteiger partial charge >= 0.3 is 5.97 Å². The van der Waals surface area contributed by atoms with E-state index in [2.05, 4.69) is 5.32 Å². The summed E-state index contributed by atoms with van der Waals surface area (Å²) in [6, 6.07) is 9.11. The number of benzene rings is 1. The molecule has 0 unspecified atom stereocenters. The minimum atomic E-state index is -0.743. The fourth-order valence-electron chi connectivity index (χ4n) is 3.20. The Balaban J connectivity index is 1.90. The van der Waals surface area contributed by atoms with Crippen LogP contribution in [0.15, 0.2) is 40.3 Å². The van der Waals surface area contributed by atoms with Crippen LogP contribution >= 0.6 is 11.3 Å². The number of methoxy groups -OCH3 is 1. The third kappa shape index (κ3) is 5.39. The maximum Gasteiger partial charge on any atom is 0.341 e. The zero-order chi connectivity index (χ0) is 25.7. The van der Waals surface area contributed by atoms with Gasteiger partial charge in [0.2, 0.25) is 0 Å². The van der Waals surface area contributed by atoms with E-state index in [-0.39, 0.29) is 45.5 Å². The quantitative estimate of drug-likeness (QED) is 0.146. The molecule has 3 rings (SSSR count). The second-order valence-corrected chi connectivity index (χ2v) is 8.40. The first-order valence-corrected chi connectivity index (χ1v) is 11.1. The van der Waals surface area contributed by atoms with Gasteiger partial charge in [-0.15, -0.1) is 11.3 Å². The highest BCUT2D eigenvalue weighted by molar-refractivity contribution is 7.16. The number of nitro benzene ring substituents is 1. The first kappa shape index (κ1) is 25.2. The molecule has 0 fully saturated rings. The first-order valence-electron chi connectivity index (χ1n) is 10.3. The Hall–Kier alpha value is -4.43. The highest BCUT2D eigenvalue weighted by Crippen LogP contribution is 2.35. The lowest BCUT2D eigenvalue weighted by molar-refractivity contribution is -0.384. The van der Waals surface area contributed by atoms with Crippen molar-refractivity contribution in [2.45, 2.75) is 20.8 Å². The molecule has 11 heteroatoms. The first-order chi connectivity index (χ1) is 16.7. The van der Waals surface area contributed by atoms with Crippen molar-refractivity contribution in [3.63, 3.8) is 0 Å². The summed E-state index contributed by atoms with van der Waals surface area (Å²) in [5, 5.41) is 23.9. The molecule has 0 bridgehead atoms. The van der Waals surface area contributed by atoms with Crippen molar-refractivity contribution in [1.29, 1.82) is 5.26 Å². The molecule has 1 N–H and O–H groups in total. The Bertz CT molecular complexity index is 1380. The number of carbonyl (C=O) groups excluding carboxylic acids is 2. The molecule has 0 spiro atoms. The van der Waals surface area contributed by atoms with Crippen LogP contribution in [-0.2, 0) is 9.53 Å². The van der Waals surface area contributed by atoms with Crippen LogP contribution in [0.2, 0.25) is 0 Å². The Labute approximate surface area is 204 Å². The van der Waals surface area contributed by atoms with E-state index in [1.54, 1.807) is 19.9 Å². The molecule has 35 heavy (non-hydrogen) atoms. The van der Waals surface area contributed by atoms with Gasteiger partial charge < -0.3 is 19.2 Å². The number of furan rings is 1. The van der Waals surface area contributed by atoms with Gasteiger partial charge in [-0.1, -0.05) is 0 Å². The molecule has 1 amide bonds. The van der Waals surface area contributed by atoms with Crippen LogP contribution in [0.1, 0.15) is 33.5 Å². The molecule has 2 heterocycles. The predicted octanol–water partition coefficient (Wildman–Crippen LogP) is 5.26. The number of nitrogens with zero attached hydrogens (tertiary/aromatic N) is 2. The number of ether oxygens (including phenoxy) is 2. The van der Waals surface area contributed by atoms with E-state index < -0.39 is 16.8 Å². The summed E-state index contributed by atoms with van der Waals surface area (Å²) >= 11 is 1.20. The van der Waals surface area contributed by atoms with Gasteiger partial charge in [0.05, 0.1) is 35.8 Å². The largest absolute Gasteiger partial charge is 0.497 e. The predicted molar refractivity (Wildman–Crippen MR) is 129 cm³/mol. The zero-order valence-electron chi connectivity index (χ0n) is 19.3. The molecule has 0 saturated carbocycles. The fraction of sp³-hybridized carbons (Fsp3) is 0.208. The molecule has 0 aliphatic carbocycles. The molecule has 0 aliphatic rings.